The molecule has 0 aromatic heterocycles. The Balaban J connectivity index is 2.36. The maximum Gasteiger partial charge on any atom is 0.418 e. The number of hydrogen-bond acceptors (Lipinski definition) is 2. The van der Waals surface area contributed by atoms with Gasteiger partial charge >= 0.3 is 6.18 Å². The van der Waals surface area contributed by atoms with Crippen LogP contribution in [0.3, 0.4) is 0 Å². The van der Waals surface area contributed by atoms with Crippen LogP contribution >= 0.6 is 11.6 Å². The highest BCUT2D eigenvalue weighted by atomic mass is 35.5. The summed E-state index contributed by atoms with van der Waals surface area (Å²) in [5, 5.41) is -0.114. The van der Waals surface area contributed by atoms with E-state index in [1.54, 1.807) is 30.3 Å². The molecule has 0 N–H and O–H groups in total. The van der Waals surface area contributed by atoms with Crippen molar-refractivity contribution in [1.29, 1.82) is 0 Å². The topological polar surface area (TPSA) is 40.6 Å². The van der Waals surface area contributed by atoms with E-state index in [0.29, 0.717) is 5.69 Å². The predicted octanol–water partition coefficient (Wildman–Crippen LogP) is 4.37. The van der Waals surface area contributed by atoms with E-state index in [2.05, 4.69) is 0 Å². The Hall–Kier alpha value is -2.54. The number of anilines is 2. The molecule has 0 aliphatic rings. The molecule has 0 heterocycles. The Morgan fingerprint density at radius 1 is 1.08 bits per heavy atom. The second kappa shape index (κ2) is 7.78. The largest absolute Gasteiger partial charge is 0.418 e. The lowest BCUT2D eigenvalue weighted by Crippen LogP contribution is -2.41. The fourth-order valence-corrected chi connectivity index (χ4v) is 2.55. The van der Waals surface area contributed by atoms with Gasteiger partial charge in [0.05, 0.1) is 11.3 Å². The molecule has 0 saturated heterocycles. The number of likely N-dealkylation sites (N-methyl/N-ethyl adjacent to an activating group) is 1. The molecule has 0 spiro atoms. The number of carbonyl (C=O) groups excluding carboxylic acids is 2. The average Bonchev–Trinajstić information content (AvgIpc) is 2.58. The highest BCUT2D eigenvalue weighted by Crippen LogP contribution is 2.38. The molecule has 0 aliphatic carbocycles. The zero-order chi connectivity index (χ0) is 19.5. The minimum absolute atomic E-state index is 0.114. The number of rotatable bonds is 4. The molecular formula is C18H16ClF3N2O2. The monoisotopic (exact) mass is 384 g/mol. The first-order valence-electron chi connectivity index (χ1n) is 7.57. The maximum absolute atomic E-state index is 13.3. The quantitative estimate of drug-likeness (QED) is 0.785. The number of nitrogens with zero attached hydrogens (tertiary/aromatic N) is 2. The molecule has 0 saturated carbocycles. The van der Waals surface area contributed by atoms with Crippen molar-refractivity contribution in [3.8, 4) is 0 Å². The van der Waals surface area contributed by atoms with Gasteiger partial charge in [0.1, 0.15) is 6.54 Å². The third kappa shape index (κ3) is 4.54. The van der Waals surface area contributed by atoms with Crippen molar-refractivity contribution in [2.24, 2.45) is 0 Å². The molecule has 0 unspecified atom stereocenters. The first kappa shape index (κ1) is 19.8. The highest BCUT2D eigenvalue weighted by molar-refractivity contribution is 6.30. The Labute approximate surface area is 153 Å². The van der Waals surface area contributed by atoms with Crippen LogP contribution < -0.4 is 9.80 Å². The highest BCUT2D eigenvalue weighted by Gasteiger charge is 2.36. The summed E-state index contributed by atoms with van der Waals surface area (Å²) in [6, 6.07) is 11.6. The summed E-state index contributed by atoms with van der Waals surface area (Å²) in [5.74, 6) is -1.22. The molecule has 0 fully saturated rings. The van der Waals surface area contributed by atoms with Gasteiger partial charge in [0.25, 0.3) is 0 Å². The summed E-state index contributed by atoms with van der Waals surface area (Å²) >= 11 is 5.66. The second-order valence-electron chi connectivity index (χ2n) is 5.55. The van der Waals surface area contributed by atoms with Gasteiger partial charge in [0, 0.05) is 24.7 Å². The van der Waals surface area contributed by atoms with Gasteiger partial charge in [-0.25, -0.2) is 0 Å². The van der Waals surface area contributed by atoms with Crippen molar-refractivity contribution >= 4 is 34.8 Å². The van der Waals surface area contributed by atoms with E-state index in [9.17, 15) is 22.8 Å². The van der Waals surface area contributed by atoms with Crippen LogP contribution in [0.2, 0.25) is 5.02 Å². The van der Waals surface area contributed by atoms with Gasteiger partial charge in [-0.3, -0.25) is 9.59 Å². The zero-order valence-corrected chi connectivity index (χ0v) is 14.8. The number of benzene rings is 2. The minimum atomic E-state index is -4.72. The van der Waals surface area contributed by atoms with Crippen LogP contribution in [0.4, 0.5) is 24.5 Å². The molecule has 4 nitrogen and oxygen atoms in total. The van der Waals surface area contributed by atoms with Crippen LogP contribution in [0.1, 0.15) is 12.5 Å². The molecule has 8 heteroatoms. The van der Waals surface area contributed by atoms with E-state index in [4.69, 9.17) is 11.6 Å². The van der Waals surface area contributed by atoms with Gasteiger partial charge in [-0.05, 0) is 30.3 Å². The molecule has 2 aromatic rings. The predicted molar refractivity (Wildman–Crippen MR) is 94.3 cm³/mol. The third-order valence-corrected chi connectivity index (χ3v) is 3.98. The maximum atomic E-state index is 13.3. The van der Waals surface area contributed by atoms with Gasteiger partial charge in [0.2, 0.25) is 11.8 Å². The summed E-state index contributed by atoms with van der Waals surface area (Å²) in [7, 11) is 1.49. The molecule has 0 bridgehead atoms. The van der Waals surface area contributed by atoms with Crippen LogP contribution in [0.15, 0.2) is 48.5 Å². The van der Waals surface area contributed by atoms with E-state index in [0.717, 1.165) is 24.0 Å². The normalized spacial score (nSPS) is 11.2. The first-order valence-corrected chi connectivity index (χ1v) is 7.95. The zero-order valence-electron chi connectivity index (χ0n) is 14.0. The lowest BCUT2D eigenvalue weighted by molar-refractivity contribution is -0.137. The molecule has 2 rings (SSSR count). The van der Waals surface area contributed by atoms with E-state index in [1.807, 2.05) is 0 Å². The average molecular weight is 385 g/mol. The van der Waals surface area contributed by atoms with Crippen LogP contribution in [-0.4, -0.2) is 25.4 Å². The van der Waals surface area contributed by atoms with Gasteiger partial charge in [-0.2, -0.15) is 13.2 Å². The number of alkyl halides is 3. The third-order valence-electron chi connectivity index (χ3n) is 3.75. The molecule has 0 atom stereocenters. The van der Waals surface area contributed by atoms with Crippen molar-refractivity contribution < 1.29 is 22.8 Å². The van der Waals surface area contributed by atoms with Crippen molar-refractivity contribution in [3.05, 3.63) is 59.1 Å². The van der Waals surface area contributed by atoms with Crippen LogP contribution in [-0.2, 0) is 15.8 Å². The summed E-state index contributed by atoms with van der Waals surface area (Å²) in [5.41, 5.74) is -0.923. The van der Waals surface area contributed by atoms with Crippen LogP contribution in [0.25, 0.3) is 0 Å². The lowest BCUT2D eigenvalue weighted by atomic mass is 10.1. The summed E-state index contributed by atoms with van der Waals surface area (Å²) in [6.07, 6.45) is -4.72. The molecule has 2 aromatic carbocycles. The number of carbonyl (C=O) groups is 2. The van der Waals surface area contributed by atoms with E-state index in [1.165, 1.54) is 18.0 Å². The van der Waals surface area contributed by atoms with Crippen molar-refractivity contribution in [2.45, 2.75) is 13.1 Å². The van der Waals surface area contributed by atoms with E-state index < -0.39 is 35.8 Å². The number of halogens is 4. The molecule has 2 amide bonds. The van der Waals surface area contributed by atoms with Crippen molar-refractivity contribution in [2.75, 3.05) is 23.4 Å². The Kier molecular flexibility index (Phi) is 5.92. The van der Waals surface area contributed by atoms with Crippen molar-refractivity contribution in [1.82, 2.24) is 0 Å². The van der Waals surface area contributed by atoms with Gasteiger partial charge < -0.3 is 9.80 Å². The van der Waals surface area contributed by atoms with E-state index in [-0.39, 0.29) is 5.02 Å². The smallest absolute Gasteiger partial charge is 0.314 e. The molecular weight excluding hydrogens is 369 g/mol. The Morgan fingerprint density at radius 3 is 2.23 bits per heavy atom. The molecule has 26 heavy (non-hydrogen) atoms. The Bertz CT molecular complexity index is 810. The number of hydrogen-bond donors (Lipinski definition) is 0. The standard InChI is InChI=1S/C18H16ClF3N2O2/c1-12(25)24(11-17(26)23(2)14-6-4-3-5-7-14)16-9-8-13(19)10-15(16)18(20,21)22/h3-10H,11H2,1-2H3. The number of para-hydroxylation sites is 1. The fourth-order valence-electron chi connectivity index (χ4n) is 2.37. The van der Waals surface area contributed by atoms with Gasteiger partial charge in [-0.15, -0.1) is 0 Å². The molecule has 138 valence electrons. The summed E-state index contributed by atoms with van der Waals surface area (Å²) < 4.78 is 40.0. The fraction of sp³-hybridized carbons (Fsp3) is 0.222. The van der Waals surface area contributed by atoms with E-state index >= 15 is 0 Å². The minimum Gasteiger partial charge on any atom is -0.314 e. The summed E-state index contributed by atoms with van der Waals surface area (Å²) in [6.45, 7) is 0.565. The second-order valence-corrected chi connectivity index (χ2v) is 5.99. The van der Waals surface area contributed by atoms with Crippen LogP contribution in [0, 0.1) is 0 Å². The lowest BCUT2D eigenvalue weighted by Gasteiger charge is -2.27. The molecule has 0 aliphatic heterocycles. The van der Waals surface area contributed by atoms with Crippen LogP contribution in [0.5, 0.6) is 0 Å². The van der Waals surface area contributed by atoms with Gasteiger partial charge in [0.15, 0.2) is 0 Å². The number of amides is 2. The Morgan fingerprint density at radius 2 is 1.69 bits per heavy atom. The molecule has 0 radical (unpaired) electrons. The van der Waals surface area contributed by atoms with Crippen molar-refractivity contribution in [3.63, 3.8) is 0 Å². The SMILES string of the molecule is CC(=O)N(CC(=O)N(C)c1ccccc1)c1ccc(Cl)cc1C(F)(F)F. The summed E-state index contributed by atoms with van der Waals surface area (Å²) in [4.78, 5) is 26.5. The van der Waals surface area contributed by atoms with Gasteiger partial charge in [-0.1, -0.05) is 29.8 Å². The first-order chi connectivity index (χ1) is 12.1.